The molecule has 0 bridgehead atoms. The summed E-state index contributed by atoms with van der Waals surface area (Å²) >= 11 is 0. The van der Waals surface area contributed by atoms with E-state index < -0.39 is 0 Å². The van der Waals surface area contributed by atoms with Crippen LogP contribution in [0.3, 0.4) is 0 Å². The molecule has 0 aliphatic heterocycles. The molecule has 0 amide bonds. The molecule has 0 saturated carbocycles. The molecule has 0 aromatic heterocycles. The van der Waals surface area contributed by atoms with Gasteiger partial charge in [0, 0.05) is 23.9 Å². The zero-order chi connectivity index (χ0) is 2.71. The molecule has 2 nitrogen and oxygen atoms in total. The maximum atomic E-state index is 8.36. The molecule has 4 radical (unpaired) electrons. The van der Waals surface area contributed by atoms with Gasteiger partial charge in [-0.3, -0.25) is 4.79 Å². The Bertz CT molecular complexity index is 13.5. The van der Waals surface area contributed by atoms with Crippen LogP contribution in [0.15, 0.2) is 0 Å². The number of rotatable bonds is 0. The van der Waals surface area contributed by atoms with E-state index in [1.807, 2.05) is 0 Å². The van der Waals surface area contributed by atoms with E-state index >= 15 is 0 Å². The fourth-order valence-corrected chi connectivity index (χ4v) is 0. The summed E-state index contributed by atoms with van der Waals surface area (Å²) in [5.74, 6) is 0. The number of hydrogen-bond acceptors (Lipinski definition) is 1. The molecular formula is CH2O2Sn. The second-order valence-corrected chi connectivity index (χ2v) is 0.105. The van der Waals surface area contributed by atoms with E-state index in [1.165, 1.54) is 0 Å². The molecule has 0 unspecified atom stereocenters. The summed E-state index contributed by atoms with van der Waals surface area (Å²) in [5.41, 5.74) is 0. The summed E-state index contributed by atoms with van der Waals surface area (Å²) in [5, 5.41) is 6.89. The third kappa shape index (κ3) is 50.6. The molecule has 0 aliphatic carbocycles. The van der Waals surface area contributed by atoms with E-state index in [4.69, 9.17) is 9.90 Å². The van der Waals surface area contributed by atoms with Gasteiger partial charge < -0.3 is 5.11 Å². The van der Waals surface area contributed by atoms with Gasteiger partial charge >= 0.3 is 0 Å². The first-order valence-electron chi connectivity index (χ1n) is 0.494. The first-order chi connectivity index (χ1) is 1.41. The molecule has 0 atom stereocenters. The molecule has 0 aliphatic rings. The van der Waals surface area contributed by atoms with Crippen molar-refractivity contribution in [1.82, 2.24) is 0 Å². The molecule has 22 valence electrons. The number of carboxylic acid groups (broad SMARTS) is 1. The van der Waals surface area contributed by atoms with Crippen molar-refractivity contribution in [2.75, 3.05) is 0 Å². The van der Waals surface area contributed by atoms with Crippen molar-refractivity contribution in [3.8, 4) is 0 Å². The summed E-state index contributed by atoms with van der Waals surface area (Å²) in [6, 6.07) is 0. The Morgan fingerprint density at radius 3 is 1.75 bits per heavy atom. The summed E-state index contributed by atoms with van der Waals surface area (Å²) in [4.78, 5) is 8.36. The number of hydrogen-bond donors (Lipinski definition) is 1. The fourth-order valence-electron chi connectivity index (χ4n) is 0. The van der Waals surface area contributed by atoms with E-state index in [2.05, 4.69) is 0 Å². The molecule has 3 heteroatoms. The van der Waals surface area contributed by atoms with Crippen molar-refractivity contribution in [3.63, 3.8) is 0 Å². The van der Waals surface area contributed by atoms with Crippen molar-refractivity contribution >= 4 is 30.4 Å². The molecule has 0 aromatic carbocycles. The summed E-state index contributed by atoms with van der Waals surface area (Å²) in [7, 11) is 0. The zero-order valence-electron chi connectivity index (χ0n) is 1.93. The van der Waals surface area contributed by atoms with E-state index in [0.717, 1.165) is 0 Å². The van der Waals surface area contributed by atoms with Gasteiger partial charge in [-0.15, -0.1) is 0 Å². The Balaban J connectivity index is 0. The SMILES string of the molecule is O=CO.[Sn]. The quantitative estimate of drug-likeness (QED) is 0.381. The van der Waals surface area contributed by atoms with Gasteiger partial charge in [-0.25, -0.2) is 0 Å². The van der Waals surface area contributed by atoms with Crippen LogP contribution >= 0.6 is 0 Å². The van der Waals surface area contributed by atoms with Crippen molar-refractivity contribution in [2.24, 2.45) is 0 Å². The predicted molar refractivity (Wildman–Crippen MR) is 14.4 cm³/mol. The molecule has 0 saturated heterocycles. The van der Waals surface area contributed by atoms with Gasteiger partial charge in [0.05, 0.1) is 0 Å². The second-order valence-electron chi connectivity index (χ2n) is 0.105. The van der Waals surface area contributed by atoms with Gasteiger partial charge in [-0.1, -0.05) is 0 Å². The Morgan fingerprint density at radius 1 is 1.75 bits per heavy atom. The largest absolute Gasteiger partial charge is 0.483 e. The van der Waals surface area contributed by atoms with Crippen molar-refractivity contribution < 1.29 is 9.90 Å². The third-order valence-electron chi connectivity index (χ3n) is 0. The van der Waals surface area contributed by atoms with Crippen LogP contribution in [0.4, 0.5) is 0 Å². The Hall–Kier alpha value is 0.269. The first-order valence-corrected chi connectivity index (χ1v) is 0.494. The van der Waals surface area contributed by atoms with Crippen LogP contribution < -0.4 is 0 Å². The van der Waals surface area contributed by atoms with E-state index in [1.54, 1.807) is 0 Å². The molecule has 0 fully saturated rings. The third-order valence-corrected chi connectivity index (χ3v) is 0. The maximum Gasteiger partial charge on any atom is 0.290 e. The van der Waals surface area contributed by atoms with Crippen LogP contribution in [0.2, 0.25) is 0 Å². The van der Waals surface area contributed by atoms with Crippen molar-refractivity contribution in [2.45, 2.75) is 0 Å². The van der Waals surface area contributed by atoms with E-state index in [0.29, 0.717) is 0 Å². The van der Waals surface area contributed by atoms with Gasteiger partial charge in [0.2, 0.25) is 0 Å². The van der Waals surface area contributed by atoms with Gasteiger partial charge in [-0.05, 0) is 0 Å². The fraction of sp³-hybridized carbons (Fsp3) is 0. The normalized spacial score (nSPS) is 3.00. The van der Waals surface area contributed by atoms with E-state index in [9.17, 15) is 0 Å². The second kappa shape index (κ2) is 10.5. The Morgan fingerprint density at radius 2 is 1.75 bits per heavy atom. The summed E-state index contributed by atoms with van der Waals surface area (Å²) < 4.78 is 0. The molecule has 0 rings (SSSR count). The van der Waals surface area contributed by atoms with Gasteiger partial charge in [-0.2, -0.15) is 0 Å². The molecule has 0 spiro atoms. The van der Waals surface area contributed by atoms with Crippen LogP contribution in [0, 0.1) is 0 Å². The maximum absolute atomic E-state index is 8.36. The average Bonchev–Trinajstić information content (AvgIpc) is 0.918. The predicted octanol–water partition coefficient (Wildman–Crippen LogP) is -0.680. The molecular weight excluding hydrogens is 163 g/mol. The first kappa shape index (κ1) is 8.86. The smallest absolute Gasteiger partial charge is 0.290 e. The number of carbonyl (C=O) groups is 1. The Kier molecular flexibility index (Phi) is 23.2. The zero-order valence-corrected chi connectivity index (χ0v) is 4.79. The van der Waals surface area contributed by atoms with Crippen LogP contribution in [-0.2, 0) is 4.79 Å². The molecule has 1 N–H and O–H groups in total. The molecule has 0 aromatic rings. The van der Waals surface area contributed by atoms with Gasteiger partial charge in [0.15, 0.2) is 0 Å². The molecule has 4 heavy (non-hydrogen) atoms. The van der Waals surface area contributed by atoms with E-state index in [-0.39, 0.29) is 30.4 Å². The van der Waals surface area contributed by atoms with Crippen molar-refractivity contribution in [1.29, 1.82) is 0 Å². The van der Waals surface area contributed by atoms with Crippen LogP contribution in [-0.4, -0.2) is 35.5 Å². The summed E-state index contributed by atoms with van der Waals surface area (Å²) in [6.45, 7) is -0.250. The minimum absolute atomic E-state index is 0. The summed E-state index contributed by atoms with van der Waals surface area (Å²) in [6.07, 6.45) is 0. The minimum atomic E-state index is -0.250. The van der Waals surface area contributed by atoms with Gasteiger partial charge in [0.25, 0.3) is 6.47 Å². The standard InChI is InChI=1S/CH2O2.Sn/c2-1-3;/h1H,(H,2,3);. The molecule has 0 heterocycles. The van der Waals surface area contributed by atoms with Crippen LogP contribution in [0.1, 0.15) is 0 Å². The minimum Gasteiger partial charge on any atom is -0.483 e. The topological polar surface area (TPSA) is 37.3 Å². The monoisotopic (exact) mass is 166 g/mol. The van der Waals surface area contributed by atoms with Crippen molar-refractivity contribution in [3.05, 3.63) is 0 Å². The van der Waals surface area contributed by atoms with Crippen LogP contribution in [0.5, 0.6) is 0 Å². The van der Waals surface area contributed by atoms with Crippen LogP contribution in [0.25, 0.3) is 0 Å². The Labute approximate surface area is 40.8 Å². The van der Waals surface area contributed by atoms with Gasteiger partial charge in [0.1, 0.15) is 0 Å². The average molecular weight is 165 g/mol.